The van der Waals surface area contributed by atoms with E-state index >= 15 is 0 Å². The summed E-state index contributed by atoms with van der Waals surface area (Å²) in [6.07, 6.45) is 3.66. The standard InChI is InChI=1S/C8H18BrNO3Si/c1-11-14(10,12-2)13-6-7-4-3-5-8(7)9/h7-8H,3-6,10H2,1-2H3. The zero-order valence-corrected chi connectivity index (χ0v) is 11.2. The summed E-state index contributed by atoms with van der Waals surface area (Å²) in [7, 11) is 0.232. The van der Waals surface area contributed by atoms with Gasteiger partial charge < -0.3 is 13.3 Å². The zero-order valence-electron chi connectivity index (χ0n) is 8.66. The van der Waals surface area contributed by atoms with Gasteiger partial charge in [-0.1, -0.05) is 22.4 Å². The maximum Gasteiger partial charge on any atom is 0.593 e. The van der Waals surface area contributed by atoms with Crippen LogP contribution in [0.15, 0.2) is 0 Å². The molecule has 0 aromatic heterocycles. The molecule has 2 atom stereocenters. The van der Waals surface area contributed by atoms with E-state index in [4.69, 9.17) is 18.7 Å². The van der Waals surface area contributed by atoms with Crippen LogP contribution >= 0.6 is 15.9 Å². The van der Waals surface area contributed by atoms with Gasteiger partial charge in [-0.15, -0.1) is 0 Å². The van der Waals surface area contributed by atoms with Crippen LogP contribution in [0.25, 0.3) is 0 Å². The summed E-state index contributed by atoms with van der Waals surface area (Å²) >= 11 is 3.63. The molecule has 0 aliphatic heterocycles. The predicted octanol–water partition coefficient (Wildman–Crippen LogP) is 1.25. The van der Waals surface area contributed by atoms with E-state index in [2.05, 4.69) is 15.9 Å². The predicted molar refractivity (Wildman–Crippen MR) is 60.0 cm³/mol. The van der Waals surface area contributed by atoms with Gasteiger partial charge in [0.05, 0.1) is 0 Å². The molecule has 0 bridgehead atoms. The molecular weight excluding hydrogens is 266 g/mol. The molecule has 0 aromatic rings. The second-order valence-electron chi connectivity index (χ2n) is 3.53. The van der Waals surface area contributed by atoms with E-state index in [1.807, 2.05) is 0 Å². The van der Waals surface area contributed by atoms with Crippen molar-refractivity contribution in [2.75, 3.05) is 20.8 Å². The lowest BCUT2D eigenvalue weighted by Crippen LogP contribution is -2.54. The highest BCUT2D eigenvalue weighted by Crippen LogP contribution is 2.31. The Balaban J connectivity index is 2.31. The van der Waals surface area contributed by atoms with Crippen molar-refractivity contribution in [3.63, 3.8) is 0 Å². The molecule has 1 aliphatic rings. The number of nitrogens with two attached hydrogens (primary N) is 1. The minimum absolute atomic E-state index is 0.538. The van der Waals surface area contributed by atoms with Gasteiger partial charge in [-0.3, -0.25) is 5.40 Å². The van der Waals surface area contributed by atoms with Gasteiger partial charge in [0.15, 0.2) is 0 Å². The first-order valence-corrected chi connectivity index (χ1v) is 7.50. The summed E-state index contributed by atoms with van der Waals surface area (Å²) in [5.74, 6) is 0.538. The number of hydrogen-bond donors (Lipinski definition) is 1. The molecule has 6 heteroatoms. The van der Waals surface area contributed by atoms with Gasteiger partial charge in [0.1, 0.15) is 0 Å². The molecule has 1 aliphatic carbocycles. The van der Waals surface area contributed by atoms with Crippen LogP contribution in [0.5, 0.6) is 0 Å². The Bertz CT molecular complexity index is 180. The maximum atomic E-state index is 5.78. The van der Waals surface area contributed by atoms with Gasteiger partial charge in [0.25, 0.3) is 0 Å². The van der Waals surface area contributed by atoms with Crippen LogP contribution < -0.4 is 5.40 Å². The second kappa shape index (κ2) is 5.57. The third-order valence-electron chi connectivity index (χ3n) is 2.63. The largest absolute Gasteiger partial charge is 0.593 e. The third kappa shape index (κ3) is 3.29. The Hall–Kier alpha value is 0.537. The van der Waals surface area contributed by atoms with E-state index < -0.39 is 8.97 Å². The van der Waals surface area contributed by atoms with Crippen molar-refractivity contribution >= 4 is 24.9 Å². The molecule has 2 unspecified atom stereocenters. The molecule has 0 aromatic carbocycles. The van der Waals surface area contributed by atoms with Gasteiger partial charge in [-0.2, -0.15) is 0 Å². The van der Waals surface area contributed by atoms with Crippen molar-refractivity contribution in [3.8, 4) is 0 Å². The van der Waals surface area contributed by atoms with Gasteiger partial charge in [0, 0.05) is 25.7 Å². The first-order chi connectivity index (χ1) is 6.61. The molecule has 84 valence electrons. The molecule has 1 rings (SSSR count). The van der Waals surface area contributed by atoms with Crippen molar-refractivity contribution in [2.24, 2.45) is 11.3 Å². The molecule has 1 saturated carbocycles. The molecule has 0 spiro atoms. The average Bonchev–Trinajstić information content (AvgIpc) is 2.61. The van der Waals surface area contributed by atoms with Crippen molar-refractivity contribution < 1.29 is 13.3 Å². The molecule has 0 heterocycles. The summed E-state index contributed by atoms with van der Waals surface area (Å²) in [5.41, 5.74) is 0. The van der Waals surface area contributed by atoms with Gasteiger partial charge in [-0.25, -0.2) is 0 Å². The molecule has 0 radical (unpaired) electrons. The number of halogens is 1. The highest BCUT2D eigenvalue weighted by molar-refractivity contribution is 9.09. The summed E-state index contributed by atoms with van der Waals surface area (Å²) in [6, 6.07) is 0. The molecule has 0 amide bonds. The van der Waals surface area contributed by atoms with Crippen molar-refractivity contribution in [1.82, 2.24) is 0 Å². The Kier molecular flexibility index (Phi) is 5.02. The molecule has 2 N–H and O–H groups in total. The normalized spacial score (nSPS) is 28.3. The summed E-state index contributed by atoms with van der Waals surface area (Å²) < 4.78 is 15.6. The van der Waals surface area contributed by atoms with Crippen LogP contribution in [-0.4, -0.2) is 34.6 Å². The van der Waals surface area contributed by atoms with Crippen LogP contribution in [0.1, 0.15) is 19.3 Å². The van der Waals surface area contributed by atoms with Gasteiger partial charge in [-0.05, 0) is 18.8 Å². The van der Waals surface area contributed by atoms with E-state index in [-0.39, 0.29) is 0 Å². The minimum atomic E-state index is -2.82. The van der Waals surface area contributed by atoms with Crippen LogP contribution in [0.3, 0.4) is 0 Å². The fourth-order valence-electron chi connectivity index (χ4n) is 1.60. The van der Waals surface area contributed by atoms with E-state index in [1.165, 1.54) is 33.5 Å². The number of hydrogen-bond acceptors (Lipinski definition) is 4. The lowest BCUT2D eigenvalue weighted by atomic mass is 10.1. The smallest absolute Gasteiger partial charge is 0.365 e. The molecule has 4 nitrogen and oxygen atoms in total. The second-order valence-corrected chi connectivity index (χ2v) is 7.02. The Morgan fingerprint density at radius 3 is 2.43 bits per heavy atom. The Morgan fingerprint density at radius 1 is 1.36 bits per heavy atom. The van der Waals surface area contributed by atoms with Gasteiger partial charge >= 0.3 is 8.97 Å². The first kappa shape index (κ1) is 12.6. The molecule has 14 heavy (non-hydrogen) atoms. The van der Waals surface area contributed by atoms with Crippen molar-refractivity contribution in [3.05, 3.63) is 0 Å². The lowest BCUT2D eigenvalue weighted by molar-refractivity contribution is 0.0846. The average molecular weight is 284 g/mol. The minimum Gasteiger partial charge on any atom is -0.365 e. The van der Waals surface area contributed by atoms with Crippen molar-refractivity contribution in [2.45, 2.75) is 24.1 Å². The third-order valence-corrected chi connectivity index (χ3v) is 5.55. The molecule has 1 fully saturated rings. The highest BCUT2D eigenvalue weighted by atomic mass is 79.9. The SMILES string of the molecule is CO[Si](N)(OC)OCC1CCCC1Br. The fourth-order valence-corrected chi connectivity index (χ4v) is 3.19. The molecular formula is C8H18BrNO3Si. The van der Waals surface area contributed by atoms with Crippen molar-refractivity contribution in [1.29, 1.82) is 0 Å². The van der Waals surface area contributed by atoms with Crippen LogP contribution in [0, 0.1) is 5.92 Å². The zero-order chi connectivity index (χ0) is 10.6. The maximum absolute atomic E-state index is 5.78. The first-order valence-electron chi connectivity index (χ1n) is 4.78. The van der Waals surface area contributed by atoms with E-state index in [0.29, 0.717) is 17.4 Å². The van der Waals surface area contributed by atoms with Crippen LogP contribution in [0.2, 0.25) is 0 Å². The van der Waals surface area contributed by atoms with E-state index in [1.54, 1.807) is 0 Å². The lowest BCUT2D eigenvalue weighted by Gasteiger charge is -2.23. The van der Waals surface area contributed by atoms with E-state index in [9.17, 15) is 0 Å². The number of rotatable bonds is 5. The summed E-state index contributed by atoms with van der Waals surface area (Å²) in [5, 5.41) is 5.78. The van der Waals surface area contributed by atoms with Gasteiger partial charge in [0.2, 0.25) is 0 Å². The fraction of sp³-hybridized carbons (Fsp3) is 1.00. The van der Waals surface area contributed by atoms with Crippen LogP contribution in [-0.2, 0) is 13.3 Å². The summed E-state index contributed by atoms with van der Waals surface area (Å²) in [6.45, 7) is 0.625. The molecule has 0 saturated heterocycles. The number of alkyl halides is 1. The quantitative estimate of drug-likeness (QED) is 0.610. The monoisotopic (exact) mass is 283 g/mol. The highest BCUT2D eigenvalue weighted by Gasteiger charge is 2.37. The van der Waals surface area contributed by atoms with Crippen LogP contribution in [0.4, 0.5) is 0 Å². The Morgan fingerprint density at radius 2 is 2.00 bits per heavy atom. The summed E-state index contributed by atoms with van der Waals surface area (Å²) in [4.78, 5) is 0.550. The Labute approximate surface area is 94.7 Å². The topological polar surface area (TPSA) is 53.7 Å². The van der Waals surface area contributed by atoms with E-state index in [0.717, 1.165) is 0 Å².